The summed E-state index contributed by atoms with van der Waals surface area (Å²) in [7, 11) is 0. The first-order chi connectivity index (χ1) is 11.6. The van der Waals surface area contributed by atoms with E-state index >= 15 is 0 Å². The number of carbonyl (C=O) groups excluding carboxylic acids is 1. The molecule has 2 nitrogen and oxygen atoms in total. The number of thiophene rings is 1. The van der Waals surface area contributed by atoms with E-state index < -0.39 is 0 Å². The van der Waals surface area contributed by atoms with Crippen LogP contribution < -0.4 is 5.32 Å². The van der Waals surface area contributed by atoms with Crippen molar-refractivity contribution in [3.8, 4) is 0 Å². The second-order valence-corrected chi connectivity index (χ2v) is 7.23. The number of hydrogen-bond acceptors (Lipinski definition) is 2. The number of fused-ring (bicyclic) bond motifs is 3. The van der Waals surface area contributed by atoms with E-state index in [2.05, 4.69) is 5.32 Å². The third-order valence-corrected chi connectivity index (χ3v) is 5.73. The van der Waals surface area contributed by atoms with E-state index in [-0.39, 0.29) is 5.91 Å². The molecule has 4 rings (SSSR count). The maximum Gasteiger partial charge on any atom is 0.267 e. The highest BCUT2D eigenvalue weighted by Gasteiger charge is 2.18. The summed E-state index contributed by atoms with van der Waals surface area (Å²) in [6.45, 7) is 0. The Hall–Kier alpha value is -2.07. The van der Waals surface area contributed by atoms with Gasteiger partial charge < -0.3 is 5.32 Å². The second kappa shape index (κ2) is 6.10. The summed E-state index contributed by atoms with van der Waals surface area (Å²) in [5, 5.41) is 7.08. The molecule has 0 atom stereocenters. The molecule has 24 heavy (non-hydrogen) atoms. The molecule has 1 heterocycles. The van der Waals surface area contributed by atoms with Gasteiger partial charge in [-0.3, -0.25) is 4.79 Å². The van der Waals surface area contributed by atoms with E-state index in [1.807, 2.05) is 36.4 Å². The summed E-state index contributed by atoms with van der Waals surface area (Å²) < 4.78 is 1.000. The van der Waals surface area contributed by atoms with Crippen LogP contribution in [0.4, 0.5) is 5.69 Å². The first-order valence-corrected chi connectivity index (χ1v) is 8.87. The van der Waals surface area contributed by atoms with E-state index in [1.165, 1.54) is 11.3 Å². The summed E-state index contributed by atoms with van der Waals surface area (Å²) >= 11 is 13.8. The van der Waals surface area contributed by atoms with Crippen molar-refractivity contribution in [3.63, 3.8) is 0 Å². The van der Waals surface area contributed by atoms with Crippen LogP contribution in [-0.4, -0.2) is 5.91 Å². The molecule has 1 amide bonds. The topological polar surface area (TPSA) is 29.1 Å². The van der Waals surface area contributed by atoms with Gasteiger partial charge in [-0.15, -0.1) is 11.3 Å². The minimum Gasteiger partial charge on any atom is -0.321 e. The molecule has 0 saturated heterocycles. The van der Waals surface area contributed by atoms with Crippen LogP contribution in [0.25, 0.3) is 20.9 Å². The maximum atomic E-state index is 12.6. The van der Waals surface area contributed by atoms with Crippen molar-refractivity contribution in [2.24, 2.45) is 0 Å². The van der Waals surface area contributed by atoms with Crippen LogP contribution in [0.2, 0.25) is 10.0 Å². The van der Waals surface area contributed by atoms with Gasteiger partial charge in [0.1, 0.15) is 4.88 Å². The summed E-state index contributed by atoms with van der Waals surface area (Å²) in [4.78, 5) is 13.1. The second-order valence-electron chi connectivity index (χ2n) is 5.37. The normalized spacial score (nSPS) is 11.1. The lowest BCUT2D eigenvalue weighted by molar-refractivity contribution is 0.103. The van der Waals surface area contributed by atoms with Crippen molar-refractivity contribution in [2.75, 3.05) is 5.32 Å². The molecule has 3 aromatic carbocycles. The largest absolute Gasteiger partial charge is 0.321 e. The van der Waals surface area contributed by atoms with Crippen LogP contribution in [0.1, 0.15) is 9.67 Å². The zero-order chi connectivity index (χ0) is 16.7. The van der Waals surface area contributed by atoms with Crippen LogP contribution in [0.5, 0.6) is 0 Å². The number of anilines is 1. The Labute approximate surface area is 152 Å². The zero-order valence-electron chi connectivity index (χ0n) is 12.3. The lowest BCUT2D eigenvalue weighted by Gasteiger charge is -2.04. The Morgan fingerprint density at radius 2 is 1.67 bits per heavy atom. The molecule has 0 aliphatic rings. The SMILES string of the molecule is O=C(Nc1ccc(Cl)cc1)c1sc2ccc3ccccc3c2c1Cl. The molecule has 0 saturated carbocycles. The van der Waals surface area contributed by atoms with Gasteiger partial charge in [-0.2, -0.15) is 0 Å². The van der Waals surface area contributed by atoms with Gasteiger partial charge in [0, 0.05) is 20.8 Å². The van der Waals surface area contributed by atoms with Crippen molar-refractivity contribution in [3.05, 3.63) is 75.6 Å². The molecule has 4 aromatic rings. The Morgan fingerprint density at radius 3 is 2.46 bits per heavy atom. The number of benzene rings is 3. The van der Waals surface area contributed by atoms with E-state index in [1.54, 1.807) is 24.3 Å². The van der Waals surface area contributed by atoms with Crippen molar-refractivity contribution in [1.29, 1.82) is 0 Å². The molecular weight excluding hydrogens is 361 g/mol. The van der Waals surface area contributed by atoms with Gasteiger partial charge in [0.2, 0.25) is 0 Å². The predicted molar refractivity (Wildman–Crippen MR) is 104 cm³/mol. The van der Waals surface area contributed by atoms with Crippen LogP contribution in [0, 0.1) is 0 Å². The molecule has 0 spiro atoms. The molecule has 0 bridgehead atoms. The molecular formula is C19H11Cl2NOS. The minimum atomic E-state index is -0.215. The van der Waals surface area contributed by atoms with E-state index in [4.69, 9.17) is 23.2 Å². The van der Waals surface area contributed by atoms with Crippen molar-refractivity contribution < 1.29 is 4.79 Å². The summed E-state index contributed by atoms with van der Waals surface area (Å²) in [6.07, 6.45) is 0. The first kappa shape index (κ1) is 15.5. The standard InChI is InChI=1S/C19H11Cl2NOS/c20-12-6-8-13(9-7-12)22-19(23)18-17(21)16-14-4-2-1-3-11(14)5-10-15(16)24-18/h1-10H,(H,22,23). The van der Waals surface area contributed by atoms with Gasteiger partial charge in [-0.05, 0) is 41.1 Å². The molecule has 118 valence electrons. The van der Waals surface area contributed by atoms with Gasteiger partial charge in [-0.1, -0.05) is 53.5 Å². The third-order valence-electron chi connectivity index (χ3n) is 3.83. The fourth-order valence-corrected chi connectivity index (χ4v) is 4.29. The quantitative estimate of drug-likeness (QED) is 0.421. The van der Waals surface area contributed by atoms with Crippen LogP contribution >= 0.6 is 34.5 Å². The number of hydrogen-bond donors (Lipinski definition) is 1. The van der Waals surface area contributed by atoms with Crippen molar-refractivity contribution in [1.82, 2.24) is 0 Å². The Kier molecular flexibility index (Phi) is 3.93. The van der Waals surface area contributed by atoms with E-state index in [0.29, 0.717) is 20.6 Å². The van der Waals surface area contributed by atoms with Gasteiger partial charge >= 0.3 is 0 Å². The van der Waals surface area contributed by atoms with E-state index in [9.17, 15) is 4.79 Å². The number of halogens is 2. The number of rotatable bonds is 2. The van der Waals surface area contributed by atoms with Gasteiger partial charge in [0.15, 0.2) is 0 Å². The maximum absolute atomic E-state index is 12.6. The smallest absolute Gasteiger partial charge is 0.267 e. The lowest BCUT2D eigenvalue weighted by Crippen LogP contribution is -2.10. The fraction of sp³-hybridized carbons (Fsp3) is 0. The fourth-order valence-electron chi connectivity index (χ4n) is 2.70. The summed E-state index contributed by atoms with van der Waals surface area (Å²) in [5.74, 6) is -0.215. The monoisotopic (exact) mass is 371 g/mol. The summed E-state index contributed by atoms with van der Waals surface area (Å²) in [6, 6.07) is 19.1. The molecule has 0 aliphatic carbocycles. The van der Waals surface area contributed by atoms with Crippen LogP contribution in [-0.2, 0) is 0 Å². The molecule has 5 heteroatoms. The number of nitrogens with one attached hydrogen (secondary N) is 1. The molecule has 0 aliphatic heterocycles. The average molecular weight is 372 g/mol. The van der Waals surface area contributed by atoms with Crippen molar-refractivity contribution >= 4 is 67.0 Å². The summed E-state index contributed by atoms with van der Waals surface area (Å²) in [5.41, 5.74) is 0.683. The zero-order valence-corrected chi connectivity index (χ0v) is 14.7. The predicted octanol–water partition coefficient (Wildman–Crippen LogP) is 6.61. The van der Waals surface area contributed by atoms with Gasteiger partial charge in [0.25, 0.3) is 5.91 Å². The van der Waals surface area contributed by atoms with E-state index in [0.717, 1.165) is 20.9 Å². The highest BCUT2D eigenvalue weighted by molar-refractivity contribution is 7.22. The van der Waals surface area contributed by atoms with Gasteiger partial charge in [0.05, 0.1) is 5.02 Å². The highest BCUT2D eigenvalue weighted by Crippen LogP contribution is 2.40. The van der Waals surface area contributed by atoms with Gasteiger partial charge in [-0.25, -0.2) is 0 Å². The first-order valence-electron chi connectivity index (χ1n) is 7.30. The highest BCUT2D eigenvalue weighted by atomic mass is 35.5. The lowest BCUT2D eigenvalue weighted by atomic mass is 10.1. The third kappa shape index (κ3) is 2.65. The van der Waals surface area contributed by atoms with Crippen LogP contribution in [0.3, 0.4) is 0 Å². The molecule has 0 fully saturated rings. The Balaban J connectivity index is 1.79. The number of amides is 1. The average Bonchev–Trinajstić information content (AvgIpc) is 2.94. The van der Waals surface area contributed by atoms with Crippen LogP contribution in [0.15, 0.2) is 60.7 Å². The number of carbonyl (C=O) groups is 1. The minimum absolute atomic E-state index is 0.215. The molecule has 1 aromatic heterocycles. The Bertz CT molecular complexity index is 1070. The molecule has 0 radical (unpaired) electrons. The molecule has 1 N–H and O–H groups in total. The molecule has 0 unspecified atom stereocenters. The Morgan fingerprint density at radius 1 is 0.917 bits per heavy atom. The van der Waals surface area contributed by atoms with Crippen molar-refractivity contribution in [2.45, 2.75) is 0 Å².